The van der Waals surface area contributed by atoms with E-state index in [1.165, 1.54) is 37.9 Å². The second-order valence-corrected chi connectivity index (χ2v) is 7.94. The fourth-order valence-electron chi connectivity index (χ4n) is 4.63. The highest BCUT2D eigenvalue weighted by Gasteiger charge is 2.29. The molecule has 3 aliphatic rings. The molecule has 3 heterocycles. The number of hydrogen-bond donors (Lipinski definition) is 0. The highest BCUT2D eigenvalue weighted by molar-refractivity contribution is 5.95. The topological polar surface area (TPSA) is 32.8 Å². The largest absolute Gasteiger partial charge is 0.490 e. The third-order valence-corrected chi connectivity index (χ3v) is 6.01. The average molecular weight is 342 g/mol. The summed E-state index contributed by atoms with van der Waals surface area (Å²) < 4.78 is 5.77. The molecular formula is C21H30N2O2. The van der Waals surface area contributed by atoms with E-state index in [0.717, 1.165) is 50.1 Å². The minimum Gasteiger partial charge on any atom is -0.490 e. The number of nitrogens with zero attached hydrogens (tertiary/aromatic N) is 2. The van der Waals surface area contributed by atoms with Crippen molar-refractivity contribution in [1.82, 2.24) is 9.80 Å². The minimum atomic E-state index is 0.216. The first-order valence-corrected chi connectivity index (χ1v) is 10.0. The van der Waals surface area contributed by atoms with Gasteiger partial charge < -0.3 is 14.5 Å². The first-order chi connectivity index (χ1) is 12.2. The van der Waals surface area contributed by atoms with Crippen LogP contribution in [0.4, 0.5) is 0 Å². The number of likely N-dealkylation sites (tertiary alicyclic amines) is 2. The van der Waals surface area contributed by atoms with E-state index in [4.69, 9.17) is 4.74 Å². The van der Waals surface area contributed by atoms with Crippen LogP contribution in [0.3, 0.4) is 0 Å². The van der Waals surface area contributed by atoms with Gasteiger partial charge in [0.2, 0.25) is 0 Å². The van der Waals surface area contributed by atoms with Crippen LogP contribution in [0.1, 0.15) is 61.4 Å². The van der Waals surface area contributed by atoms with Crippen LogP contribution in [0.15, 0.2) is 18.2 Å². The Hall–Kier alpha value is -1.55. The third-order valence-electron chi connectivity index (χ3n) is 6.01. The normalized spacial score (nSPS) is 26.5. The lowest BCUT2D eigenvalue weighted by molar-refractivity contribution is 0.0588. The summed E-state index contributed by atoms with van der Waals surface area (Å²) in [7, 11) is 0. The summed E-state index contributed by atoms with van der Waals surface area (Å²) in [6.45, 7) is 6.62. The summed E-state index contributed by atoms with van der Waals surface area (Å²) in [5, 5.41) is 0. The quantitative estimate of drug-likeness (QED) is 0.840. The van der Waals surface area contributed by atoms with Crippen LogP contribution < -0.4 is 4.74 Å². The van der Waals surface area contributed by atoms with Crippen molar-refractivity contribution in [3.05, 3.63) is 29.3 Å². The maximum atomic E-state index is 13.2. The van der Waals surface area contributed by atoms with Crippen molar-refractivity contribution in [1.29, 1.82) is 0 Å². The number of benzene rings is 1. The van der Waals surface area contributed by atoms with Crippen molar-refractivity contribution in [3.8, 4) is 5.75 Å². The van der Waals surface area contributed by atoms with E-state index in [1.54, 1.807) is 0 Å². The summed E-state index contributed by atoms with van der Waals surface area (Å²) in [4.78, 5) is 17.9. The molecule has 1 amide bonds. The van der Waals surface area contributed by atoms with E-state index >= 15 is 0 Å². The van der Waals surface area contributed by atoms with Gasteiger partial charge in [0.05, 0.1) is 0 Å². The molecule has 2 atom stereocenters. The maximum Gasteiger partial charge on any atom is 0.254 e. The molecule has 1 aromatic rings. The molecule has 3 aliphatic heterocycles. The lowest BCUT2D eigenvalue weighted by atomic mass is 9.97. The Morgan fingerprint density at radius 2 is 1.96 bits per heavy atom. The van der Waals surface area contributed by atoms with E-state index in [-0.39, 0.29) is 12.0 Å². The Labute approximate surface area is 151 Å². The van der Waals surface area contributed by atoms with Crippen molar-refractivity contribution in [2.75, 3.05) is 26.2 Å². The second-order valence-electron chi connectivity index (χ2n) is 7.94. The molecule has 0 saturated carbocycles. The molecule has 0 spiro atoms. The van der Waals surface area contributed by atoms with Crippen LogP contribution in [0, 0.1) is 0 Å². The fourth-order valence-corrected chi connectivity index (χ4v) is 4.63. The van der Waals surface area contributed by atoms with Crippen molar-refractivity contribution >= 4 is 5.91 Å². The molecule has 136 valence electrons. The summed E-state index contributed by atoms with van der Waals surface area (Å²) in [6, 6.07) is 6.40. The SMILES string of the molecule is C[C@@H]1Cc2cc(C(=O)N3CCCC[C@H]3CCN3CCCC3)ccc2O1. The Morgan fingerprint density at radius 3 is 2.80 bits per heavy atom. The standard InChI is InChI=1S/C21H30N2O2/c1-16-14-18-15-17(7-8-20(18)25-16)21(24)23-12-3-2-6-19(23)9-13-22-10-4-5-11-22/h7-8,15-16,19H,2-6,9-14H2,1H3/t16-,19+/m1/s1. The molecule has 25 heavy (non-hydrogen) atoms. The molecule has 0 aromatic heterocycles. The van der Waals surface area contributed by atoms with E-state index in [0.29, 0.717) is 6.04 Å². The lowest BCUT2D eigenvalue weighted by Crippen LogP contribution is -2.45. The minimum absolute atomic E-state index is 0.216. The van der Waals surface area contributed by atoms with Crippen LogP contribution in [-0.4, -0.2) is 54.0 Å². The zero-order chi connectivity index (χ0) is 17.2. The molecule has 2 saturated heterocycles. The third kappa shape index (κ3) is 3.69. The van der Waals surface area contributed by atoms with Gasteiger partial charge >= 0.3 is 0 Å². The zero-order valence-electron chi connectivity index (χ0n) is 15.4. The van der Waals surface area contributed by atoms with Gasteiger partial charge in [0.25, 0.3) is 5.91 Å². The summed E-state index contributed by atoms with van der Waals surface area (Å²) in [5.41, 5.74) is 2.02. The van der Waals surface area contributed by atoms with Gasteiger partial charge in [0.15, 0.2) is 0 Å². The maximum absolute atomic E-state index is 13.2. The average Bonchev–Trinajstić information content (AvgIpc) is 3.27. The number of carbonyl (C=O) groups is 1. The number of amides is 1. The number of piperidine rings is 1. The summed E-state index contributed by atoms with van der Waals surface area (Å²) >= 11 is 0. The Kier molecular flexibility index (Phi) is 4.98. The van der Waals surface area contributed by atoms with Crippen LogP contribution in [0.25, 0.3) is 0 Å². The van der Waals surface area contributed by atoms with Gasteiger partial charge in [-0.15, -0.1) is 0 Å². The van der Waals surface area contributed by atoms with Gasteiger partial charge in [0, 0.05) is 31.1 Å². The first kappa shape index (κ1) is 16.9. The number of fused-ring (bicyclic) bond motifs is 1. The molecule has 0 aliphatic carbocycles. The van der Waals surface area contributed by atoms with Crippen LogP contribution >= 0.6 is 0 Å². The Bertz CT molecular complexity index is 624. The van der Waals surface area contributed by atoms with E-state index in [2.05, 4.69) is 22.8 Å². The number of rotatable bonds is 4. The summed E-state index contributed by atoms with van der Waals surface area (Å²) in [6.07, 6.45) is 8.48. The number of hydrogen-bond acceptors (Lipinski definition) is 3. The van der Waals surface area contributed by atoms with Gasteiger partial charge in [-0.2, -0.15) is 0 Å². The molecule has 4 rings (SSSR count). The first-order valence-electron chi connectivity index (χ1n) is 10.0. The lowest BCUT2D eigenvalue weighted by Gasteiger charge is -2.36. The molecular weight excluding hydrogens is 312 g/mol. The highest BCUT2D eigenvalue weighted by atomic mass is 16.5. The predicted molar refractivity (Wildman–Crippen MR) is 99.2 cm³/mol. The Morgan fingerprint density at radius 1 is 1.16 bits per heavy atom. The predicted octanol–water partition coefficient (Wildman–Crippen LogP) is 3.49. The van der Waals surface area contributed by atoms with Gasteiger partial charge in [-0.3, -0.25) is 4.79 Å². The number of ether oxygens (including phenoxy) is 1. The van der Waals surface area contributed by atoms with Gasteiger partial charge in [-0.25, -0.2) is 0 Å². The molecule has 4 heteroatoms. The van der Waals surface area contributed by atoms with Crippen LogP contribution in [0.5, 0.6) is 5.75 Å². The van der Waals surface area contributed by atoms with Crippen molar-refractivity contribution < 1.29 is 9.53 Å². The van der Waals surface area contributed by atoms with Gasteiger partial charge in [-0.05, 0) is 82.3 Å². The molecule has 0 N–H and O–H groups in total. The van der Waals surface area contributed by atoms with E-state index in [9.17, 15) is 4.79 Å². The fraction of sp³-hybridized carbons (Fsp3) is 0.667. The van der Waals surface area contributed by atoms with Crippen LogP contribution in [-0.2, 0) is 6.42 Å². The highest BCUT2D eigenvalue weighted by Crippen LogP contribution is 2.31. The van der Waals surface area contributed by atoms with Gasteiger partial charge in [-0.1, -0.05) is 0 Å². The molecule has 0 radical (unpaired) electrons. The van der Waals surface area contributed by atoms with E-state index < -0.39 is 0 Å². The molecule has 0 unspecified atom stereocenters. The van der Waals surface area contributed by atoms with Gasteiger partial charge in [0.1, 0.15) is 11.9 Å². The monoisotopic (exact) mass is 342 g/mol. The summed E-state index contributed by atoms with van der Waals surface area (Å²) in [5.74, 6) is 1.17. The Balaban J connectivity index is 1.44. The van der Waals surface area contributed by atoms with Crippen molar-refractivity contribution in [2.45, 2.75) is 64.0 Å². The van der Waals surface area contributed by atoms with Crippen LogP contribution in [0.2, 0.25) is 0 Å². The molecule has 0 bridgehead atoms. The second kappa shape index (κ2) is 7.36. The van der Waals surface area contributed by atoms with Crippen molar-refractivity contribution in [2.24, 2.45) is 0 Å². The molecule has 4 nitrogen and oxygen atoms in total. The molecule has 2 fully saturated rings. The van der Waals surface area contributed by atoms with E-state index in [1.807, 2.05) is 12.1 Å². The smallest absolute Gasteiger partial charge is 0.254 e. The molecule has 1 aromatic carbocycles. The zero-order valence-corrected chi connectivity index (χ0v) is 15.4. The number of carbonyl (C=O) groups excluding carboxylic acids is 1. The van der Waals surface area contributed by atoms with Crippen molar-refractivity contribution in [3.63, 3.8) is 0 Å².